The van der Waals surface area contributed by atoms with Crippen LogP contribution in [-0.2, 0) is 0 Å². The normalized spacial score (nSPS) is 17.5. The van der Waals surface area contributed by atoms with E-state index < -0.39 is 6.10 Å². The molecule has 0 aliphatic carbocycles. The van der Waals surface area contributed by atoms with Crippen LogP contribution in [0, 0.1) is 20.8 Å². The second-order valence-electron chi connectivity index (χ2n) is 6.35. The van der Waals surface area contributed by atoms with E-state index in [-0.39, 0.29) is 0 Å². The van der Waals surface area contributed by atoms with Gasteiger partial charge in [-0.2, -0.15) is 4.37 Å². The van der Waals surface area contributed by atoms with Gasteiger partial charge in [0, 0.05) is 44.3 Å². The van der Waals surface area contributed by atoms with Gasteiger partial charge < -0.3 is 10.0 Å². The van der Waals surface area contributed by atoms with Crippen LogP contribution in [0.1, 0.15) is 28.6 Å². The highest BCUT2D eigenvalue weighted by Crippen LogP contribution is 2.21. The number of aromatic nitrogens is 2. The number of β-amino-alcohol motifs (C(OH)–C–C–N with tert-alkyl or cyclic N) is 1. The van der Waals surface area contributed by atoms with Gasteiger partial charge in [-0.1, -0.05) is 29.3 Å². The van der Waals surface area contributed by atoms with Gasteiger partial charge in [0.05, 0.1) is 6.10 Å². The van der Waals surface area contributed by atoms with Crippen LogP contribution in [0.2, 0.25) is 0 Å². The lowest BCUT2D eigenvalue weighted by molar-refractivity contribution is 0.109. The summed E-state index contributed by atoms with van der Waals surface area (Å²) in [5.74, 6) is 0.845. The fourth-order valence-corrected chi connectivity index (χ4v) is 3.81. The Morgan fingerprint density at radius 2 is 1.74 bits per heavy atom. The molecule has 0 bridgehead atoms. The lowest BCUT2D eigenvalue weighted by Crippen LogP contribution is -2.47. The van der Waals surface area contributed by atoms with E-state index in [9.17, 15) is 5.11 Å². The van der Waals surface area contributed by atoms with Gasteiger partial charge >= 0.3 is 0 Å². The average molecular weight is 332 g/mol. The van der Waals surface area contributed by atoms with Crippen molar-refractivity contribution in [3.8, 4) is 0 Å². The van der Waals surface area contributed by atoms with E-state index in [2.05, 4.69) is 51.2 Å². The molecule has 0 saturated carbocycles. The SMILES string of the molecule is Cc1cc(C)cc(C(O)CN2CCN(c3nc(C)ns3)CC2)c1. The van der Waals surface area contributed by atoms with Gasteiger partial charge in [0.1, 0.15) is 5.82 Å². The van der Waals surface area contributed by atoms with E-state index in [1.165, 1.54) is 22.7 Å². The fourth-order valence-electron chi connectivity index (χ4n) is 3.09. The fraction of sp³-hybridized carbons (Fsp3) is 0.529. The second kappa shape index (κ2) is 6.95. The summed E-state index contributed by atoms with van der Waals surface area (Å²) in [5.41, 5.74) is 3.43. The molecule has 1 saturated heterocycles. The molecule has 6 heteroatoms. The highest BCUT2D eigenvalue weighted by Gasteiger charge is 2.22. The molecule has 1 N–H and O–H groups in total. The summed E-state index contributed by atoms with van der Waals surface area (Å²) in [6.45, 7) is 10.5. The predicted molar refractivity (Wildman–Crippen MR) is 94.2 cm³/mol. The van der Waals surface area contributed by atoms with Crippen molar-refractivity contribution in [3.63, 3.8) is 0 Å². The molecule has 1 aromatic heterocycles. The molecule has 1 unspecified atom stereocenters. The number of aliphatic hydroxyl groups excluding tert-OH is 1. The predicted octanol–water partition coefficient (Wildman–Crippen LogP) is 2.32. The molecule has 2 heterocycles. The minimum Gasteiger partial charge on any atom is -0.387 e. The Balaban J connectivity index is 1.56. The third kappa shape index (κ3) is 4.07. The zero-order valence-electron chi connectivity index (χ0n) is 14.0. The minimum absolute atomic E-state index is 0.427. The number of benzene rings is 1. The molecule has 0 radical (unpaired) electrons. The Hall–Kier alpha value is -1.50. The molecule has 5 nitrogen and oxygen atoms in total. The van der Waals surface area contributed by atoms with Crippen molar-refractivity contribution in [1.29, 1.82) is 0 Å². The van der Waals surface area contributed by atoms with E-state index >= 15 is 0 Å². The van der Waals surface area contributed by atoms with E-state index in [4.69, 9.17) is 0 Å². The first kappa shape index (κ1) is 16.4. The molecule has 1 aromatic carbocycles. The maximum atomic E-state index is 10.5. The minimum atomic E-state index is -0.427. The summed E-state index contributed by atoms with van der Waals surface area (Å²) in [6.07, 6.45) is -0.427. The van der Waals surface area contributed by atoms with Crippen molar-refractivity contribution in [2.75, 3.05) is 37.6 Å². The van der Waals surface area contributed by atoms with Crippen LogP contribution in [0.4, 0.5) is 5.13 Å². The van der Waals surface area contributed by atoms with Gasteiger partial charge in [-0.05, 0) is 26.3 Å². The molecule has 0 amide bonds. The Bertz CT molecular complexity index is 644. The van der Waals surface area contributed by atoms with Crippen LogP contribution in [0.3, 0.4) is 0 Å². The number of piperazine rings is 1. The Labute approximate surface area is 141 Å². The highest BCUT2D eigenvalue weighted by atomic mass is 32.1. The number of aryl methyl sites for hydroxylation is 3. The van der Waals surface area contributed by atoms with Gasteiger partial charge in [-0.25, -0.2) is 4.98 Å². The Kier molecular flexibility index (Phi) is 4.94. The standard InChI is InChI=1S/C17H24N4OS/c1-12-8-13(2)10-15(9-12)16(22)11-20-4-6-21(7-5-20)17-18-14(3)19-23-17/h8-10,16,22H,4-7,11H2,1-3H3. The second-order valence-corrected chi connectivity index (χ2v) is 7.08. The van der Waals surface area contributed by atoms with Gasteiger partial charge in [0.25, 0.3) is 0 Å². The number of hydrogen-bond acceptors (Lipinski definition) is 6. The summed E-state index contributed by atoms with van der Waals surface area (Å²) >= 11 is 1.47. The number of nitrogens with zero attached hydrogens (tertiary/aromatic N) is 4. The first-order valence-corrected chi connectivity index (χ1v) is 8.82. The quantitative estimate of drug-likeness (QED) is 0.931. The van der Waals surface area contributed by atoms with Gasteiger partial charge in [-0.15, -0.1) is 0 Å². The molecule has 23 heavy (non-hydrogen) atoms. The lowest BCUT2D eigenvalue weighted by Gasteiger charge is -2.35. The highest BCUT2D eigenvalue weighted by molar-refractivity contribution is 7.09. The topological polar surface area (TPSA) is 52.5 Å². The molecule has 1 aliphatic rings. The number of aliphatic hydroxyl groups is 1. The van der Waals surface area contributed by atoms with Crippen LogP contribution in [-0.4, -0.2) is 52.1 Å². The summed E-state index contributed by atoms with van der Waals surface area (Å²) in [5, 5.41) is 11.5. The zero-order valence-corrected chi connectivity index (χ0v) is 14.8. The third-order valence-electron chi connectivity index (χ3n) is 4.22. The molecular weight excluding hydrogens is 308 g/mol. The zero-order chi connectivity index (χ0) is 16.4. The van der Waals surface area contributed by atoms with Crippen LogP contribution >= 0.6 is 11.5 Å². The summed E-state index contributed by atoms with van der Waals surface area (Å²) in [7, 11) is 0. The van der Waals surface area contributed by atoms with E-state index in [1.807, 2.05) is 6.92 Å². The smallest absolute Gasteiger partial charge is 0.205 e. The summed E-state index contributed by atoms with van der Waals surface area (Å²) in [4.78, 5) is 9.06. The third-order valence-corrected chi connectivity index (χ3v) is 5.09. The average Bonchev–Trinajstić information content (AvgIpc) is 2.93. The van der Waals surface area contributed by atoms with Gasteiger partial charge in [-0.3, -0.25) is 4.90 Å². The van der Waals surface area contributed by atoms with Crippen molar-refractivity contribution in [3.05, 3.63) is 40.7 Å². The Morgan fingerprint density at radius 3 is 2.30 bits per heavy atom. The molecule has 1 aliphatic heterocycles. The van der Waals surface area contributed by atoms with Crippen molar-refractivity contribution >= 4 is 16.7 Å². The molecule has 3 rings (SSSR count). The first-order chi connectivity index (χ1) is 11.0. The molecule has 1 atom stereocenters. The van der Waals surface area contributed by atoms with E-state index in [0.717, 1.165) is 42.7 Å². The first-order valence-electron chi connectivity index (χ1n) is 8.05. The summed E-state index contributed by atoms with van der Waals surface area (Å²) < 4.78 is 4.25. The largest absolute Gasteiger partial charge is 0.387 e. The molecule has 2 aromatic rings. The lowest BCUT2D eigenvalue weighted by atomic mass is 10.0. The van der Waals surface area contributed by atoms with Crippen molar-refractivity contribution in [2.24, 2.45) is 0 Å². The van der Waals surface area contributed by atoms with E-state index in [1.54, 1.807) is 0 Å². The van der Waals surface area contributed by atoms with Gasteiger partial charge in [0.15, 0.2) is 0 Å². The van der Waals surface area contributed by atoms with Crippen molar-refractivity contribution < 1.29 is 5.11 Å². The molecule has 1 fully saturated rings. The number of hydrogen-bond donors (Lipinski definition) is 1. The maximum Gasteiger partial charge on any atom is 0.205 e. The van der Waals surface area contributed by atoms with Crippen LogP contribution in [0.25, 0.3) is 0 Å². The summed E-state index contributed by atoms with van der Waals surface area (Å²) in [6, 6.07) is 6.30. The van der Waals surface area contributed by atoms with Crippen LogP contribution in [0.15, 0.2) is 18.2 Å². The Morgan fingerprint density at radius 1 is 1.09 bits per heavy atom. The monoisotopic (exact) mass is 332 g/mol. The number of rotatable bonds is 4. The van der Waals surface area contributed by atoms with E-state index in [0.29, 0.717) is 6.54 Å². The maximum absolute atomic E-state index is 10.5. The van der Waals surface area contributed by atoms with Crippen molar-refractivity contribution in [1.82, 2.24) is 14.3 Å². The van der Waals surface area contributed by atoms with Crippen molar-refractivity contribution in [2.45, 2.75) is 26.9 Å². The van der Waals surface area contributed by atoms with Gasteiger partial charge in [0.2, 0.25) is 5.13 Å². The van der Waals surface area contributed by atoms with Crippen LogP contribution < -0.4 is 4.90 Å². The molecule has 0 spiro atoms. The van der Waals surface area contributed by atoms with Crippen LogP contribution in [0.5, 0.6) is 0 Å². The number of anilines is 1. The molecular formula is C17H24N4OS. The molecule has 124 valence electrons.